The molecule has 0 unspecified atom stereocenters. The predicted molar refractivity (Wildman–Crippen MR) is 246 cm³/mol. The number of hydrazine groups is 2. The third-order valence-corrected chi connectivity index (χ3v) is 10.2. The van der Waals surface area contributed by atoms with E-state index in [1.54, 1.807) is 24.1 Å². The molecule has 14 nitrogen and oxygen atoms in total. The van der Waals surface area contributed by atoms with Gasteiger partial charge in [0.05, 0.1) is 54.2 Å². The largest absolute Gasteiger partial charge is 0.478 e. The van der Waals surface area contributed by atoms with Crippen molar-refractivity contribution in [1.29, 1.82) is 0 Å². The average Bonchev–Trinajstić information content (AvgIpc) is 3.92. The van der Waals surface area contributed by atoms with Crippen molar-refractivity contribution in [3.63, 3.8) is 0 Å². The molecule has 3 N–H and O–H groups in total. The number of aromatic carboxylic acids is 1. The van der Waals surface area contributed by atoms with Crippen molar-refractivity contribution in [3.05, 3.63) is 90.3 Å². The molecule has 2 aliphatic rings. The molecule has 0 saturated heterocycles. The van der Waals surface area contributed by atoms with Gasteiger partial charge in [-0.15, -0.1) is 0 Å². The lowest BCUT2D eigenvalue weighted by Crippen LogP contribution is -2.36. The Balaban J connectivity index is 0.000000355. The minimum Gasteiger partial charge on any atom is -0.478 e. The Bertz CT molecular complexity index is 2010. The van der Waals surface area contributed by atoms with Crippen molar-refractivity contribution >= 4 is 114 Å². The van der Waals surface area contributed by atoms with Crippen LogP contribution >= 0.6 is 78.6 Å². The first kappa shape index (κ1) is 50.5. The second-order valence-electron chi connectivity index (χ2n) is 10.4. The van der Waals surface area contributed by atoms with Crippen LogP contribution in [-0.2, 0) is 4.74 Å². The molecule has 4 heterocycles. The molecule has 2 aliphatic heterocycles. The summed E-state index contributed by atoms with van der Waals surface area (Å²) in [7, 11) is 0. The standard InChI is InChI=1S/C17H17BrClN5O2S.C15H13BrClN5O2S.3C2H6/c1-3-26-16(25)10-9-21-17(27-2)22-13(10)15-20-7-8-24(15)23-14-11(18)5-4-6-12(14)19;1-25-15-19-7-8(14(23)24)11(20-15)13-18-5-6-22(13)21-12-9(16)3-2-4-10(12)17;3*1-2/h4-6,9,23H,3,7-8H2,1-2H3;2-4,7,21H,5-6H2,1H3,(H,23,24);3*1-2H3. The highest BCUT2D eigenvalue weighted by atomic mass is 79.9. The van der Waals surface area contributed by atoms with Crippen LogP contribution in [0.1, 0.15) is 80.6 Å². The van der Waals surface area contributed by atoms with Gasteiger partial charge in [-0.05, 0) is 75.6 Å². The number of carboxylic acids is 1. The van der Waals surface area contributed by atoms with E-state index in [2.05, 4.69) is 72.6 Å². The van der Waals surface area contributed by atoms with E-state index in [1.807, 2.05) is 83.3 Å². The maximum Gasteiger partial charge on any atom is 0.342 e. The molecule has 4 aromatic rings. The fourth-order valence-corrected chi connectivity index (χ4v) is 7.03. The number of nitrogens with zero attached hydrogens (tertiary/aromatic N) is 8. The van der Waals surface area contributed by atoms with Gasteiger partial charge in [-0.1, -0.05) is 100 Å². The van der Waals surface area contributed by atoms with Gasteiger partial charge in [0.1, 0.15) is 22.5 Å². The number of nitrogens with one attached hydrogen (secondary N) is 2. The number of carbonyl (C=O) groups is 2. The first-order valence-electron chi connectivity index (χ1n) is 18.3. The zero-order chi connectivity index (χ0) is 43.4. The molecule has 0 atom stereocenters. The van der Waals surface area contributed by atoms with Crippen LogP contribution in [0.3, 0.4) is 0 Å². The number of anilines is 2. The molecule has 0 bridgehead atoms. The molecular weight excluding hydrogens is 955 g/mol. The Morgan fingerprint density at radius 1 is 0.759 bits per heavy atom. The van der Waals surface area contributed by atoms with Gasteiger partial charge < -0.3 is 9.84 Å². The lowest BCUT2D eigenvalue weighted by Gasteiger charge is -2.24. The first-order valence-corrected chi connectivity index (χ1v) is 23.1. The second kappa shape index (κ2) is 26.4. The highest BCUT2D eigenvalue weighted by molar-refractivity contribution is 9.11. The van der Waals surface area contributed by atoms with Crippen molar-refractivity contribution in [2.24, 2.45) is 9.98 Å². The van der Waals surface area contributed by atoms with Crippen LogP contribution in [0, 0.1) is 0 Å². The van der Waals surface area contributed by atoms with Crippen molar-refractivity contribution in [2.75, 3.05) is 56.1 Å². The summed E-state index contributed by atoms with van der Waals surface area (Å²) in [5.41, 5.74) is 8.84. The van der Waals surface area contributed by atoms with Crippen LogP contribution < -0.4 is 10.9 Å². The van der Waals surface area contributed by atoms with Gasteiger partial charge in [-0.2, -0.15) is 0 Å². The maximum atomic E-state index is 12.4. The molecule has 0 aliphatic carbocycles. The average molecular weight is 1000 g/mol. The molecule has 0 amide bonds. The number of aromatic nitrogens is 4. The van der Waals surface area contributed by atoms with Gasteiger partial charge >= 0.3 is 11.9 Å². The topological polar surface area (TPSA) is 170 Å². The number of esters is 1. The molecule has 58 heavy (non-hydrogen) atoms. The molecule has 0 fully saturated rings. The number of halogens is 4. The molecule has 0 spiro atoms. The number of benzene rings is 2. The Morgan fingerprint density at radius 2 is 1.17 bits per heavy atom. The SMILES string of the molecule is CC.CC.CC.CCOC(=O)c1cnc(SC)nc1C1=NCCN1Nc1c(Cl)cccc1Br.CSc1ncc(C(=O)O)c(C2=NCCN2Nc2c(Cl)cccc2Br)n1. The minimum atomic E-state index is -1.10. The number of ether oxygens (including phenoxy) is 1. The second-order valence-corrected chi connectivity index (χ2v) is 14.5. The Morgan fingerprint density at radius 3 is 1.55 bits per heavy atom. The van der Waals surface area contributed by atoms with Crippen LogP contribution in [0.25, 0.3) is 0 Å². The van der Waals surface area contributed by atoms with E-state index in [4.69, 9.17) is 27.9 Å². The Hall–Kier alpha value is -3.68. The summed E-state index contributed by atoms with van der Waals surface area (Å²) in [4.78, 5) is 49.9. The first-order chi connectivity index (χ1) is 28.1. The molecule has 20 heteroatoms. The third kappa shape index (κ3) is 13.4. The summed E-state index contributed by atoms with van der Waals surface area (Å²) in [5, 5.41) is 15.1. The van der Waals surface area contributed by atoms with Crippen LogP contribution in [0.5, 0.6) is 0 Å². The van der Waals surface area contributed by atoms with E-state index in [0.29, 0.717) is 75.3 Å². The normalized spacial score (nSPS) is 12.5. The zero-order valence-electron chi connectivity index (χ0n) is 33.7. The van der Waals surface area contributed by atoms with Gasteiger partial charge in [0.25, 0.3) is 0 Å². The summed E-state index contributed by atoms with van der Waals surface area (Å²) in [5.74, 6) is -0.589. The van der Waals surface area contributed by atoms with Gasteiger partial charge in [0.2, 0.25) is 0 Å². The number of thioether (sulfide) groups is 2. The van der Waals surface area contributed by atoms with E-state index in [9.17, 15) is 14.7 Å². The number of amidine groups is 2. The maximum absolute atomic E-state index is 12.4. The number of aliphatic imine (C=N–C) groups is 2. The van der Waals surface area contributed by atoms with Gasteiger partial charge in [-0.3, -0.25) is 30.9 Å². The van der Waals surface area contributed by atoms with Crippen LogP contribution in [-0.4, -0.2) is 104 Å². The van der Waals surface area contributed by atoms with E-state index >= 15 is 0 Å². The molecular formula is C38H48Br2Cl2N10O4S2. The van der Waals surface area contributed by atoms with Gasteiger partial charge in [-0.25, -0.2) is 29.5 Å². The molecule has 314 valence electrons. The number of carboxylic acid groups (broad SMARTS) is 1. The molecule has 6 rings (SSSR count). The fraction of sp³-hybridized carbons (Fsp3) is 0.368. The molecule has 0 saturated carbocycles. The number of rotatable bonds is 11. The number of hydrogen-bond acceptors (Lipinski definition) is 15. The van der Waals surface area contributed by atoms with Crippen molar-refractivity contribution in [2.45, 2.75) is 58.8 Å². The van der Waals surface area contributed by atoms with E-state index in [-0.39, 0.29) is 23.4 Å². The van der Waals surface area contributed by atoms with Crippen molar-refractivity contribution in [1.82, 2.24) is 30.0 Å². The summed E-state index contributed by atoms with van der Waals surface area (Å²) in [6.07, 6.45) is 6.49. The predicted octanol–water partition coefficient (Wildman–Crippen LogP) is 10.4. The Kier molecular flexibility index (Phi) is 23.0. The number of carbonyl (C=O) groups excluding carboxylic acids is 1. The summed E-state index contributed by atoms with van der Waals surface area (Å²) in [6, 6.07) is 11.0. The summed E-state index contributed by atoms with van der Waals surface area (Å²) < 4.78 is 6.75. The van der Waals surface area contributed by atoms with Crippen molar-refractivity contribution < 1.29 is 19.4 Å². The lowest BCUT2D eigenvalue weighted by atomic mass is 10.2. The molecule has 0 radical (unpaired) electrons. The minimum absolute atomic E-state index is 0.00322. The summed E-state index contributed by atoms with van der Waals surface area (Å²) in [6.45, 7) is 16.3. The summed E-state index contributed by atoms with van der Waals surface area (Å²) >= 11 is 22.2. The van der Waals surface area contributed by atoms with Gasteiger partial charge in [0.15, 0.2) is 22.0 Å². The quantitative estimate of drug-likeness (QED) is 0.0737. The molecule has 2 aromatic heterocycles. The van der Waals surface area contributed by atoms with Crippen molar-refractivity contribution in [3.8, 4) is 0 Å². The fourth-order valence-electron chi connectivity index (χ4n) is 4.78. The molecule has 2 aromatic carbocycles. The number of para-hydroxylation sites is 2. The highest BCUT2D eigenvalue weighted by Crippen LogP contribution is 2.33. The number of hydrogen-bond donors (Lipinski definition) is 3. The van der Waals surface area contributed by atoms with Crippen LogP contribution in [0.15, 0.2) is 78.0 Å². The third-order valence-electron chi connectivity index (χ3n) is 7.15. The van der Waals surface area contributed by atoms with Gasteiger partial charge in [0, 0.05) is 21.3 Å². The smallest absolute Gasteiger partial charge is 0.342 e. The Labute approximate surface area is 375 Å². The monoisotopic (exact) mass is 1000 g/mol. The zero-order valence-corrected chi connectivity index (χ0v) is 40.0. The highest BCUT2D eigenvalue weighted by Gasteiger charge is 2.29. The van der Waals surface area contributed by atoms with E-state index in [0.717, 1.165) is 8.95 Å². The lowest BCUT2D eigenvalue weighted by molar-refractivity contribution is 0.0524. The van der Waals surface area contributed by atoms with E-state index in [1.165, 1.54) is 35.9 Å². The van der Waals surface area contributed by atoms with E-state index < -0.39 is 11.9 Å². The van der Waals surface area contributed by atoms with Crippen LogP contribution in [0.4, 0.5) is 11.4 Å². The van der Waals surface area contributed by atoms with Crippen LogP contribution in [0.2, 0.25) is 10.0 Å².